The molecule has 1 aromatic heterocycles. The first-order chi connectivity index (χ1) is 11.5. The minimum atomic E-state index is -0.400. The summed E-state index contributed by atoms with van der Waals surface area (Å²) in [5.74, 6) is -0.253. The van der Waals surface area contributed by atoms with Crippen LogP contribution in [0.1, 0.15) is 11.3 Å². The lowest BCUT2D eigenvalue weighted by molar-refractivity contribution is 0.621. The number of aromatic nitrogens is 1. The van der Waals surface area contributed by atoms with E-state index >= 15 is 0 Å². The van der Waals surface area contributed by atoms with Gasteiger partial charge in [-0.25, -0.2) is 9.37 Å². The van der Waals surface area contributed by atoms with E-state index in [0.29, 0.717) is 21.3 Å². The summed E-state index contributed by atoms with van der Waals surface area (Å²) >= 11 is 3.15. The van der Waals surface area contributed by atoms with Gasteiger partial charge in [0.1, 0.15) is 23.3 Å². The normalized spacial score (nSPS) is 10.4. The summed E-state index contributed by atoms with van der Waals surface area (Å²) in [6.07, 6.45) is 0. The third-order valence-electron chi connectivity index (χ3n) is 3.79. The summed E-state index contributed by atoms with van der Waals surface area (Å²) in [5, 5.41) is 9.57. The quantitative estimate of drug-likeness (QED) is 0.672. The van der Waals surface area contributed by atoms with Gasteiger partial charge in [-0.3, -0.25) is 0 Å². The van der Waals surface area contributed by atoms with E-state index in [9.17, 15) is 9.65 Å². The van der Waals surface area contributed by atoms with Crippen LogP contribution in [0.5, 0.6) is 0 Å². The van der Waals surface area contributed by atoms with Crippen molar-refractivity contribution in [2.24, 2.45) is 0 Å². The van der Waals surface area contributed by atoms with Crippen LogP contribution in [0.4, 0.5) is 10.2 Å². The minimum Gasteiger partial charge on any atom is -0.383 e. The third-order valence-corrected chi connectivity index (χ3v) is 4.43. The molecule has 5 heteroatoms. The SMILES string of the molecule is Cc1nc(N)c(C#N)c(-c2ccc(Br)c(F)c2)c1-c1ccccc1. The van der Waals surface area contributed by atoms with Gasteiger partial charge >= 0.3 is 0 Å². The number of anilines is 1. The Labute approximate surface area is 147 Å². The Morgan fingerprint density at radius 3 is 2.42 bits per heavy atom. The van der Waals surface area contributed by atoms with Gasteiger partial charge in [-0.1, -0.05) is 36.4 Å². The molecule has 3 nitrogen and oxygen atoms in total. The van der Waals surface area contributed by atoms with Gasteiger partial charge in [0.25, 0.3) is 0 Å². The highest BCUT2D eigenvalue weighted by molar-refractivity contribution is 9.10. The Kier molecular flexibility index (Phi) is 4.32. The molecule has 3 aromatic rings. The standard InChI is InChI=1S/C19H13BrFN3/c1-11-17(12-5-3-2-4-6-12)18(14(10-22)19(23)24-11)13-7-8-15(20)16(21)9-13/h2-9H,1H3,(H2,23,24). The van der Waals surface area contributed by atoms with Crippen molar-refractivity contribution in [3.05, 3.63) is 70.1 Å². The van der Waals surface area contributed by atoms with Crippen molar-refractivity contribution in [3.63, 3.8) is 0 Å². The number of hydrogen-bond acceptors (Lipinski definition) is 3. The number of pyridine rings is 1. The molecule has 118 valence electrons. The molecule has 0 aliphatic carbocycles. The Hall–Kier alpha value is -2.71. The second-order valence-electron chi connectivity index (χ2n) is 5.31. The number of benzene rings is 2. The molecule has 0 atom stereocenters. The number of hydrogen-bond donors (Lipinski definition) is 1. The fraction of sp³-hybridized carbons (Fsp3) is 0.0526. The van der Waals surface area contributed by atoms with Crippen LogP contribution in [0.25, 0.3) is 22.3 Å². The van der Waals surface area contributed by atoms with E-state index in [2.05, 4.69) is 27.0 Å². The van der Waals surface area contributed by atoms with E-state index < -0.39 is 5.82 Å². The van der Waals surface area contributed by atoms with Crippen LogP contribution in [0.2, 0.25) is 0 Å². The smallest absolute Gasteiger partial charge is 0.142 e. The molecule has 0 aliphatic heterocycles. The summed E-state index contributed by atoms with van der Waals surface area (Å²) in [6, 6.07) is 16.5. The molecule has 1 heterocycles. The van der Waals surface area contributed by atoms with Crippen molar-refractivity contribution in [2.75, 3.05) is 5.73 Å². The van der Waals surface area contributed by atoms with Crippen LogP contribution in [-0.4, -0.2) is 4.98 Å². The second-order valence-corrected chi connectivity index (χ2v) is 6.17. The Morgan fingerprint density at radius 2 is 1.79 bits per heavy atom. The maximum atomic E-state index is 14.1. The summed E-state index contributed by atoms with van der Waals surface area (Å²) in [5.41, 5.74) is 9.75. The molecule has 0 amide bonds. The van der Waals surface area contributed by atoms with Crippen LogP contribution in [0, 0.1) is 24.1 Å². The molecule has 24 heavy (non-hydrogen) atoms. The maximum Gasteiger partial charge on any atom is 0.142 e. The van der Waals surface area contributed by atoms with Gasteiger partial charge in [0.15, 0.2) is 0 Å². The first kappa shape index (κ1) is 16.2. The highest BCUT2D eigenvalue weighted by Gasteiger charge is 2.20. The molecule has 0 spiro atoms. The van der Waals surface area contributed by atoms with Crippen molar-refractivity contribution in [1.82, 2.24) is 4.98 Å². The Balaban J connectivity index is 2.42. The van der Waals surface area contributed by atoms with Gasteiger partial charge < -0.3 is 5.73 Å². The lowest BCUT2D eigenvalue weighted by atomic mass is 9.90. The van der Waals surface area contributed by atoms with Crippen LogP contribution >= 0.6 is 15.9 Å². The number of halogens is 2. The number of rotatable bonds is 2. The molecular formula is C19H13BrFN3. The second kappa shape index (κ2) is 6.42. The van der Waals surface area contributed by atoms with Gasteiger partial charge in [0.05, 0.1) is 4.47 Å². The zero-order chi connectivity index (χ0) is 17.3. The highest BCUT2D eigenvalue weighted by atomic mass is 79.9. The van der Waals surface area contributed by atoms with E-state index in [-0.39, 0.29) is 11.4 Å². The average Bonchev–Trinajstić information content (AvgIpc) is 2.57. The first-order valence-corrected chi connectivity index (χ1v) is 8.03. The van der Waals surface area contributed by atoms with Crippen LogP contribution in [-0.2, 0) is 0 Å². The van der Waals surface area contributed by atoms with E-state index in [4.69, 9.17) is 5.73 Å². The number of nitrogen functional groups attached to an aromatic ring is 1. The van der Waals surface area contributed by atoms with Crippen LogP contribution in [0.3, 0.4) is 0 Å². The molecule has 0 fully saturated rings. The van der Waals surface area contributed by atoms with Crippen LogP contribution < -0.4 is 5.73 Å². The van der Waals surface area contributed by atoms with Crippen molar-refractivity contribution in [1.29, 1.82) is 5.26 Å². The number of nitrogens with two attached hydrogens (primary N) is 1. The molecule has 0 unspecified atom stereocenters. The molecule has 0 radical (unpaired) electrons. The van der Waals surface area contributed by atoms with Gasteiger partial charge in [-0.2, -0.15) is 5.26 Å². The van der Waals surface area contributed by atoms with Gasteiger partial charge in [0.2, 0.25) is 0 Å². The first-order valence-electron chi connectivity index (χ1n) is 7.24. The fourth-order valence-corrected chi connectivity index (χ4v) is 2.98. The monoisotopic (exact) mass is 381 g/mol. The largest absolute Gasteiger partial charge is 0.383 e. The average molecular weight is 382 g/mol. The topological polar surface area (TPSA) is 62.7 Å². The summed E-state index contributed by atoms with van der Waals surface area (Å²) in [6.45, 7) is 1.83. The lowest BCUT2D eigenvalue weighted by Crippen LogP contribution is -2.03. The van der Waals surface area contributed by atoms with E-state index in [0.717, 1.165) is 11.1 Å². The third kappa shape index (κ3) is 2.77. The van der Waals surface area contributed by atoms with E-state index in [1.165, 1.54) is 6.07 Å². The van der Waals surface area contributed by atoms with Crippen molar-refractivity contribution in [2.45, 2.75) is 6.92 Å². The Bertz CT molecular complexity index is 963. The molecule has 0 saturated carbocycles. The predicted octanol–water partition coefficient (Wildman–Crippen LogP) is 5.08. The zero-order valence-electron chi connectivity index (χ0n) is 12.8. The minimum absolute atomic E-state index is 0.146. The Morgan fingerprint density at radius 1 is 1.08 bits per heavy atom. The molecule has 0 bridgehead atoms. The van der Waals surface area contributed by atoms with Crippen molar-refractivity contribution < 1.29 is 4.39 Å². The molecule has 0 saturated heterocycles. The summed E-state index contributed by atoms with van der Waals surface area (Å²) < 4.78 is 14.4. The lowest BCUT2D eigenvalue weighted by Gasteiger charge is -2.16. The highest BCUT2D eigenvalue weighted by Crippen LogP contribution is 2.39. The van der Waals surface area contributed by atoms with Crippen molar-refractivity contribution in [3.8, 4) is 28.3 Å². The molecule has 2 N–H and O–H groups in total. The van der Waals surface area contributed by atoms with Crippen molar-refractivity contribution >= 4 is 21.7 Å². The van der Waals surface area contributed by atoms with Gasteiger partial charge in [0, 0.05) is 16.8 Å². The number of nitrogens with zero attached hydrogens (tertiary/aromatic N) is 2. The van der Waals surface area contributed by atoms with Crippen LogP contribution in [0.15, 0.2) is 53.0 Å². The molecule has 3 rings (SSSR count). The van der Waals surface area contributed by atoms with Gasteiger partial charge in [-0.05, 0) is 46.1 Å². The van der Waals surface area contributed by atoms with E-state index in [1.54, 1.807) is 12.1 Å². The zero-order valence-corrected chi connectivity index (χ0v) is 14.4. The summed E-state index contributed by atoms with van der Waals surface area (Å²) in [4.78, 5) is 4.30. The molecule has 2 aromatic carbocycles. The summed E-state index contributed by atoms with van der Waals surface area (Å²) in [7, 11) is 0. The predicted molar refractivity (Wildman–Crippen MR) is 96.6 cm³/mol. The maximum absolute atomic E-state index is 14.1. The number of nitriles is 1. The van der Waals surface area contributed by atoms with E-state index in [1.807, 2.05) is 37.3 Å². The van der Waals surface area contributed by atoms with Gasteiger partial charge in [-0.15, -0.1) is 0 Å². The fourth-order valence-electron chi connectivity index (χ4n) is 2.74. The number of aryl methyl sites for hydroxylation is 1. The molecule has 0 aliphatic rings. The molecular weight excluding hydrogens is 369 g/mol.